The van der Waals surface area contributed by atoms with Crippen molar-refractivity contribution in [1.29, 1.82) is 0 Å². The highest BCUT2D eigenvalue weighted by Crippen LogP contribution is 2.29. The molecule has 0 aliphatic carbocycles. The van der Waals surface area contributed by atoms with E-state index in [1.165, 1.54) is 24.3 Å². The normalized spacial score (nSPS) is 11.4. The minimum absolute atomic E-state index is 0.196. The molecule has 1 aromatic heterocycles. The van der Waals surface area contributed by atoms with Crippen LogP contribution in [0.3, 0.4) is 0 Å². The number of nitrogens with zero attached hydrogens (tertiary/aromatic N) is 2. The molecule has 0 radical (unpaired) electrons. The molecule has 0 fully saturated rings. The summed E-state index contributed by atoms with van der Waals surface area (Å²) in [5.41, 5.74) is 1.77. The maximum Gasteiger partial charge on any atom is 0.471 e. The Labute approximate surface area is 152 Å². The van der Waals surface area contributed by atoms with Gasteiger partial charge in [-0.3, -0.25) is 10.1 Å². The lowest BCUT2D eigenvalue weighted by atomic mass is 10.1. The Kier molecular flexibility index (Phi) is 5.51. The molecule has 3 aromatic rings. The monoisotopic (exact) mass is 376 g/mol. The van der Waals surface area contributed by atoms with Crippen molar-refractivity contribution < 1.29 is 22.5 Å². The van der Waals surface area contributed by atoms with E-state index in [9.17, 15) is 18.0 Å². The summed E-state index contributed by atoms with van der Waals surface area (Å²) in [5.74, 6) is -1.92. The summed E-state index contributed by atoms with van der Waals surface area (Å²) in [4.78, 5) is 15.4. The maximum absolute atomic E-state index is 12.5. The minimum Gasteiger partial charge on any atom is -0.339 e. The van der Waals surface area contributed by atoms with Crippen LogP contribution in [0.2, 0.25) is 0 Å². The fourth-order valence-electron chi connectivity index (χ4n) is 2.27. The number of alkyl halides is 3. The summed E-state index contributed by atoms with van der Waals surface area (Å²) < 4.78 is 41.7. The lowest BCUT2D eigenvalue weighted by Crippen LogP contribution is -2.33. The molecular weight excluding hydrogens is 361 g/mol. The largest absolute Gasteiger partial charge is 0.471 e. The predicted octanol–water partition coefficient (Wildman–Crippen LogP) is 3.23. The summed E-state index contributed by atoms with van der Waals surface area (Å²) in [6.45, 7) is 0.884. The van der Waals surface area contributed by atoms with Gasteiger partial charge in [-0.15, -0.1) is 0 Å². The Morgan fingerprint density at radius 1 is 1.04 bits per heavy atom. The van der Waals surface area contributed by atoms with Gasteiger partial charge in [-0.1, -0.05) is 47.6 Å². The summed E-state index contributed by atoms with van der Waals surface area (Å²) >= 11 is 0. The predicted molar refractivity (Wildman–Crippen MR) is 90.4 cm³/mol. The van der Waals surface area contributed by atoms with E-state index in [1.807, 2.05) is 30.3 Å². The minimum atomic E-state index is -4.70. The molecule has 140 valence electrons. The summed E-state index contributed by atoms with van der Waals surface area (Å²) in [5, 5.41) is 9.09. The third-order valence-electron chi connectivity index (χ3n) is 3.62. The first-order valence-electron chi connectivity index (χ1n) is 7.97. The topological polar surface area (TPSA) is 80.0 Å². The van der Waals surface area contributed by atoms with E-state index in [0.717, 1.165) is 5.56 Å². The number of nitrogens with one attached hydrogen (secondary N) is 2. The first-order valence-corrected chi connectivity index (χ1v) is 7.97. The van der Waals surface area contributed by atoms with Crippen molar-refractivity contribution in [3.05, 3.63) is 71.6 Å². The fourth-order valence-corrected chi connectivity index (χ4v) is 2.27. The van der Waals surface area contributed by atoms with Crippen LogP contribution in [0.4, 0.5) is 13.2 Å². The van der Waals surface area contributed by atoms with Crippen LogP contribution in [-0.2, 0) is 12.7 Å². The average molecular weight is 376 g/mol. The zero-order valence-corrected chi connectivity index (χ0v) is 14.0. The Morgan fingerprint density at radius 3 is 2.37 bits per heavy atom. The number of benzene rings is 2. The van der Waals surface area contributed by atoms with Gasteiger partial charge in [0.25, 0.3) is 5.91 Å². The standard InChI is InChI=1S/C18H15F3N4O2/c19-18(20,21)17-24-15(25-27-17)13-6-8-14(9-7-13)16(26)23-11-22-10-12-4-2-1-3-5-12/h1-9,22H,10-11H2,(H,23,26). The van der Waals surface area contributed by atoms with Crippen molar-refractivity contribution in [3.8, 4) is 11.4 Å². The number of carbonyl (C=O) groups is 1. The molecule has 1 amide bonds. The Morgan fingerprint density at radius 2 is 1.74 bits per heavy atom. The molecule has 0 saturated heterocycles. The molecule has 0 atom stereocenters. The van der Waals surface area contributed by atoms with Gasteiger partial charge in [0, 0.05) is 17.7 Å². The van der Waals surface area contributed by atoms with Crippen molar-refractivity contribution in [3.63, 3.8) is 0 Å². The summed E-state index contributed by atoms with van der Waals surface area (Å²) in [7, 11) is 0. The third kappa shape index (κ3) is 4.91. The van der Waals surface area contributed by atoms with Gasteiger partial charge >= 0.3 is 12.1 Å². The molecule has 0 saturated carbocycles. The second kappa shape index (κ2) is 8.00. The van der Waals surface area contributed by atoms with E-state index < -0.39 is 12.1 Å². The van der Waals surface area contributed by atoms with Crippen LogP contribution in [0.25, 0.3) is 11.4 Å². The van der Waals surface area contributed by atoms with Crippen LogP contribution in [0.1, 0.15) is 21.8 Å². The van der Waals surface area contributed by atoms with Crippen LogP contribution in [-0.4, -0.2) is 22.7 Å². The molecule has 9 heteroatoms. The van der Waals surface area contributed by atoms with Gasteiger partial charge in [0.2, 0.25) is 5.82 Å². The highest BCUT2D eigenvalue weighted by Gasteiger charge is 2.38. The average Bonchev–Trinajstić information content (AvgIpc) is 3.17. The van der Waals surface area contributed by atoms with Crippen LogP contribution < -0.4 is 10.6 Å². The zero-order valence-electron chi connectivity index (χ0n) is 14.0. The second-order valence-electron chi connectivity index (χ2n) is 5.59. The number of halogens is 3. The zero-order chi connectivity index (χ0) is 19.3. The molecule has 0 bridgehead atoms. The van der Waals surface area contributed by atoms with Crippen LogP contribution in [0.5, 0.6) is 0 Å². The molecule has 0 aliphatic heterocycles. The SMILES string of the molecule is O=C(NCNCc1ccccc1)c1ccc(-c2noc(C(F)(F)F)n2)cc1. The van der Waals surface area contributed by atoms with Crippen LogP contribution in [0, 0.1) is 0 Å². The molecule has 2 N–H and O–H groups in total. The van der Waals surface area contributed by atoms with Gasteiger partial charge < -0.3 is 9.84 Å². The van der Waals surface area contributed by atoms with Crippen molar-refractivity contribution in [2.24, 2.45) is 0 Å². The molecule has 27 heavy (non-hydrogen) atoms. The molecule has 0 spiro atoms. The molecule has 2 aromatic carbocycles. The molecular formula is C18H15F3N4O2. The van der Waals surface area contributed by atoms with Gasteiger partial charge in [-0.25, -0.2) is 0 Å². The Hall–Kier alpha value is -3.20. The number of hydrogen-bond acceptors (Lipinski definition) is 5. The van der Waals surface area contributed by atoms with Crippen molar-refractivity contribution in [1.82, 2.24) is 20.8 Å². The van der Waals surface area contributed by atoms with Crippen molar-refractivity contribution in [2.75, 3.05) is 6.67 Å². The number of amides is 1. The lowest BCUT2D eigenvalue weighted by molar-refractivity contribution is -0.159. The van der Waals surface area contributed by atoms with Gasteiger partial charge in [-0.2, -0.15) is 18.2 Å². The highest BCUT2D eigenvalue weighted by molar-refractivity contribution is 5.94. The van der Waals surface area contributed by atoms with Gasteiger partial charge in [0.1, 0.15) is 0 Å². The van der Waals surface area contributed by atoms with E-state index in [4.69, 9.17) is 0 Å². The van der Waals surface area contributed by atoms with Crippen molar-refractivity contribution in [2.45, 2.75) is 12.7 Å². The molecule has 0 aliphatic rings. The fraction of sp³-hybridized carbons (Fsp3) is 0.167. The van der Waals surface area contributed by atoms with Crippen molar-refractivity contribution >= 4 is 5.91 Å². The van der Waals surface area contributed by atoms with Gasteiger partial charge in [0.15, 0.2) is 0 Å². The quantitative estimate of drug-likeness (QED) is 0.510. The molecule has 3 rings (SSSR count). The summed E-state index contributed by atoms with van der Waals surface area (Å²) in [6.07, 6.45) is -4.70. The third-order valence-corrected chi connectivity index (χ3v) is 3.62. The van der Waals surface area contributed by atoms with E-state index in [0.29, 0.717) is 17.7 Å². The van der Waals surface area contributed by atoms with Gasteiger partial charge in [-0.05, 0) is 17.7 Å². The smallest absolute Gasteiger partial charge is 0.339 e. The summed E-state index contributed by atoms with van der Waals surface area (Å²) in [6, 6.07) is 15.6. The van der Waals surface area contributed by atoms with Crippen LogP contribution in [0.15, 0.2) is 59.1 Å². The van der Waals surface area contributed by atoms with E-state index in [1.54, 1.807) is 0 Å². The Bertz CT molecular complexity index is 893. The van der Waals surface area contributed by atoms with Gasteiger partial charge in [0.05, 0.1) is 6.67 Å². The molecule has 6 nitrogen and oxygen atoms in total. The van der Waals surface area contributed by atoms with E-state index in [-0.39, 0.29) is 18.4 Å². The first kappa shape index (κ1) is 18.6. The van der Waals surface area contributed by atoms with E-state index >= 15 is 0 Å². The number of carbonyl (C=O) groups excluding carboxylic acids is 1. The highest BCUT2D eigenvalue weighted by atomic mass is 19.4. The lowest BCUT2D eigenvalue weighted by Gasteiger charge is -2.07. The molecule has 1 heterocycles. The van der Waals surface area contributed by atoms with E-state index in [2.05, 4.69) is 25.3 Å². The van der Waals surface area contributed by atoms with Crippen LogP contribution >= 0.6 is 0 Å². The second-order valence-corrected chi connectivity index (χ2v) is 5.59. The maximum atomic E-state index is 12.5. The molecule has 0 unspecified atom stereocenters. The number of rotatable bonds is 6. The first-order chi connectivity index (χ1) is 12.9. The number of aromatic nitrogens is 2. The number of hydrogen-bond donors (Lipinski definition) is 2. The Balaban J connectivity index is 1.53.